The molecule has 1 heterocycles. The summed E-state index contributed by atoms with van der Waals surface area (Å²) >= 11 is 0. The molecule has 0 saturated carbocycles. The van der Waals surface area contributed by atoms with Crippen molar-refractivity contribution in [2.24, 2.45) is 0 Å². The summed E-state index contributed by atoms with van der Waals surface area (Å²) in [6.45, 7) is 6.61. The largest absolute Gasteiger partial charge is 0.490 e. The minimum Gasteiger partial charge on any atom is -0.490 e. The lowest BCUT2D eigenvalue weighted by atomic mass is 9.96. The van der Waals surface area contributed by atoms with Gasteiger partial charge in [0.15, 0.2) is 11.3 Å². The number of benzene rings is 3. The Balaban J connectivity index is 1.93. The molecule has 4 rings (SSSR count). The second-order valence-corrected chi connectivity index (χ2v) is 7.21. The average Bonchev–Trinajstić information content (AvgIpc) is 3.21. The van der Waals surface area contributed by atoms with Crippen LogP contribution in [0.1, 0.15) is 5.56 Å². The van der Waals surface area contributed by atoms with Crippen LogP contribution in [0.4, 0.5) is 13.2 Å². The molecule has 0 aliphatic carbocycles. The summed E-state index contributed by atoms with van der Waals surface area (Å²) in [6.07, 6.45) is -2.86. The second kappa shape index (κ2) is 9.02. The third kappa shape index (κ3) is 4.35. The lowest BCUT2D eigenvalue weighted by Crippen LogP contribution is -2.08. The molecule has 6 nitrogen and oxygen atoms in total. The third-order valence-corrected chi connectivity index (χ3v) is 5.14. The molecule has 35 heavy (non-hydrogen) atoms. The zero-order chi connectivity index (χ0) is 25.3. The molecule has 0 atom stereocenters. The Morgan fingerprint density at radius 3 is 2.06 bits per heavy atom. The molecule has 0 unspecified atom stereocenters. The van der Waals surface area contributed by atoms with E-state index >= 15 is 0 Å². The van der Waals surface area contributed by atoms with Crippen molar-refractivity contribution in [3.05, 3.63) is 79.4 Å². The smallest absolute Gasteiger partial charge is 0.420 e. The van der Waals surface area contributed by atoms with E-state index in [1.807, 2.05) is 0 Å². The molecule has 0 spiro atoms. The van der Waals surface area contributed by atoms with Crippen molar-refractivity contribution in [1.82, 2.24) is 0 Å². The zero-order valence-electron chi connectivity index (χ0n) is 18.3. The minimum atomic E-state index is -4.78. The van der Waals surface area contributed by atoms with Gasteiger partial charge in [0, 0.05) is 22.9 Å². The summed E-state index contributed by atoms with van der Waals surface area (Å²) in [5, 5.41) is 0.548. The first-order valence-corrected chi connectivity index (χ1v) is 10.1. The van der Waals surface area contributed by atoms with Crippen LogP contribution in [0.5, 0.6) is 17.2 Å². The molecular formula is C26H17F3O6. The summed E-state index contributed by atoms with van der Waals surface area (Å²) < 4.78 is 64.0. The number of ether oxygens (including phenoxy) is 3. The fourth-order valence-electron chi connectivity index (χ4n) is 3.67. The second-order valence-electron chi connectivity index (χ2n) is 7.21. The lowest BCUT2D eigenvalue weighted by molar-refractivity contribution is -0.136. The Labute approximate surface area is 196 Å². The average molecular weight is 482 g/mol. The van der Waals surface area contributed by atoms with Crippen LogP contribution in [0.25, 0.3) is 33.1 Å². The van der Waals surface area contributed by atoms with Crippen molar-refractivity contribution < 1.29 is 41.4 Å². The highest BCUT2D eigenvalue weighted by atomic mass is 19.4. The van der Waals surface area contributed by atoms with Crippen LogP contribution in [0.15, 0.2) is 78.3 Å². The molecule has 0 aliphatic rings. The highest BCUT2D eigenvalue weighted by Crippen LogP contribution is 2.47. The molecule has 3 aromatic carbocycles. The quantitative estimate of drug-likeness (QED) is 0.178. The summed E-state index contributed by atoms with van der Waals surface area (Å²) in [5.41, 5.74) is -1.31. The molecule has 0 radical (unpaired) electrons. The van der Waals surface area contributed by atoms with E-state index in [1.165, 1.54) is 55.6 Å². The summed E-state index contributed by atoms with van der Waals surface area (Å²) in [4.78, 5) is 23.0. The van der Waals surface area contributed by atoms with E-state index in [0.717, 1.165) is 12.2 Å². The van der Waals surface area contributed by atoms with E-state index in [9.17, 15) is 22.8 Å². The number of carbonyl (C=O) groups is 2. The predicted octanol–water partition coefficient (Wildman–Crippen LogP) is 6.46. The number of methoxy groups -OCH3 is 1. The fraction of sp³-hybridized carbons (Fsp3) is 0.0769. The molecule has 1 aromatic heterocycles. The maximum Gasteiger partial charge on any atom is 0.420 e. The number of rotatable bonds is 6. The van der Waals surface area contributed by atoms with Gasteiger partial charge in [-0.05, 0) is 41.5 Å². The normalized spacial score (nSPS) is 11.3. The van der Waals surface area contributed by atoms with Gasteiger partial charge in [0.05, 0.1) is 7.11 Å². The number of furan rings is 1. The maximum absolute atomic E-state index is 14.3. The molecule has 0 fully saturated rings. The van der Waals surface area contributed by atoms with E-state index in [2.05, 4.69) is 13.2 Å². The molecule has 178 valence electrons. The van der Waals surface area contributed by atoms with E-state index in [1.54, 1.807) is 0 Å². The number of alkyl halides is 3. The molecule has 0 aliphatic heterocycles. The topological polar surface area (TPSA) is 75.0 Å². The standard InChI is InChI=1S/C26H17F3O6/c1-4-20(30)33-15-8-6-14(7-9-15)16-10-11-17-18-12-13-19(34-21(31)5-2)25(32-3)24(18)35-23(17)22(16)26(27,28)29/h4-13H,1-2H2,3H3. The summed E-state index contributed by atoms with van der Waals surface area (Å²) in [5.74, 6) is -1.36. The number of hydrogen-bond acceptors (Lipinski definition) is 6. The first kappa shape index (κ1) is 23.6. The number of halogens is 3. The Bertz CT molecular complexity index is 1480. The Hall–Kier alpha value is -4.53. The summed E-state index contributed by atoms with van der Waals surface area (Å²) in [7, 11) is 1.28. The van der Waals surface area contributed by atoms with Crippen molar-refractivity contribution in [3.8, 4) is 28.4 Å². The Morgan fingerprint density at radius 1 is 0.857 bits per heavy atom. The Kier molecular flexibility index (Phi) is 6.09. The van der Waals surface area contributed by atoms with Crippen molar-refractivity contribution in [1.29, 1.82) is 0 Å². The van der Waals surface area contributed by atoms with Crippen LogP contribution in [0.3, 0.4) is 0 Å². The van der Waals surface area contributed by atoms with E-state index in [0.29, 0.717) is 5.39 Å². The maximum atomic E-state index is 14.3. The van der Waals surface area contributed by atoms with Gasteiger partial charge in [-0.15, -0.1) is 0 Å². The molecular weight excluding hydrogens is 465 g/mol. The van der Waals surface area contributed by atoms with Crippen molar-refractivity contribution >= 4 is 33.9 Å². The molecule has 0 N–H and O–H groups in total. The fourth-order valence-corrected chi connectivity index (χ4v) is 3.67. The molecule has 0 saturated heterocycles. The van der Waals surface area contributed by atoms with Gasteiger partial charge in [-0.1, -0.05) is 31.4 Å². The van der Waals surface area contributed by atoms with E-state index in [4.69, 9.17) is 18.6 Å². The number of hydrogen-bond donors (Lipinski definition) is 0. The van der Waals surface area contributed by atoms with Gasteiger partial charge in [-0.2, -0.15) is 13.2 Å². The third-order valence-electron chi connectivity index (χ3n) is 5.14. The monoisotopic (exact) mass is 482 g/mol. The minimum absolute atomic E-state index is 0.00815. The SMILES string of the molecule is C=CC(=O)Oc1ccc(-c2ccc3c(oc4c(OC)c(OC(=O)C=C)ccc43)c2C(F)(F)F)cc1. The Morgan fingerprint density at radius 2 is 1.46 bits per heavy atom. The van der Waals surface area contributed by atoms with Crippen molar-refractivity contribution in [2.75, 3.05) is 7.11 Å². The van der Waals surface area contributed by atoms with Gasteiger partial charge in [-0.3, -0.25) is 0 Å². The van der Waals surface area contributed by atoms with Gasteiger partial charge >= 0.3 is 18.1 Å². The molecule has 4 aromatic rings. The van der Waals surface area contributed by atoms with Gasteiger partial charge < -0.3 is 18.6 Å². The van der Waals surface area contributed by atoms with Gasteiger partial charge in [0.2, 0.25) is 5.75 Å². The van der Waals surface area contributed by atoms with Gasteiger partial charge in [-0.25, -0.2) is 9.59 Å². The van der Waals surface area contributed by atoms with Crippen molar-refractivity contribution in [2.45, 2.75) is 6.18 Å². The van der Waals surface area contributed by atoms with E-state index in [-0.39, 0.29) is 39.3 Å². The number of fused-ring (bicyclic) bond motifs is 3. The van der Waals surface area contributed by atoms with Gasteiger partial charge in [0.1, 0.15) is 16.9 Å². The number of esters is 2. The van der Waals surface area contributed by atoms with E-state index < -0.39 is 29.3 Å². The predicted molar refractivity (Wildman–Crippen MR) is 122 cm³/mol. The van der Waals surface area contributed by atoms with Crippen LogP contribution >= 0.6 is 0 Å². The highest BCUT2D eigenvalue weighted by Gasteiger charge is 2.38. The summed E-state index contributed by atoms with van der Waals surface area (Å²) in [6, 6.07) is 11.3. The van der Waals surface area contributed by atoms with Crippen molar-refractivity contribution in [3.63, 3.8) is 0 Å². The molecule has 0 amide bonds. The molecule has 0 bridgehead atoms. The zero-order valence-corrected chi connectivity index (χ0v) is 18.3. The highest BCUT2D eigenvalue weighted by molar-refractivity contribution is 6.10. The van der Waals surface area contributed by atoms with Crippen LogP contribution in [0, 0.1) is 0 Å². The van der Waals surface area contributed by atoms with Crippen LogP contribution in [-0.2, 0) is 15.8 Å². The van der Waals surface area contributed by atoms with Crippen LogP contribution < -0.4 is 14.2 Å². The number of carbonyl (C=O) groups excluding carboxylic acids is 2. The van der Waals surface area contributed by atoms with Crippen LogP contribution in [-0.4, -0.2) is 19.0 Å². The van der Waals surface area contributed by atoms with Crippen LogP contribution in [0.2, 0.25) is 0 Å². The molecule has 9 heteroatoms. The first-order chi connectivity index (χ1) is 16.7. The van der Waals surface area contributed by atoms with Gasteiger partial charge in [0.25, 0.3) is 0 Å². The lowest BCUT2D eigenvalue weighted by Gasteiger charge is -2.14. The first-order valence-electron chi connectivity index (χ1n) is 10.1.